The van der Waals surface area contributed by atoms with Gasteiger partial charge < -0.3 is 14.2 Å². The van der Waals surface area contributed by atoms with E-state index in [1.165, 1.54) is 36.4 Å². The molecular weight excluding hydrogens is 503 g/mol. The van der Waals surface area contributed by atoms with Crippen LogP contribution in [0.15, 0.2) is 71.9 Å². The molecule has 36 heavy (non-hydrogen) atoms. The molecule has 0 saturated carbocycles. The summed E-state index contributed by atoms with van der Waals surface area (Å²) in [5.74, 6) is -0.401. The van der Waals surface area contributed by atoms with Crippen molar-refractivity contribution in [2.75, 3.05) is 13.2 Å². The minimum atomic E-state index is -6.07. The number of nitrogens with zero attached hydrogens (tertiary/aromatic N) is 1. The van der Waals surface area contributed by atoms with E-state index in [1.54, 1.807) is 37.3 Å². The van der Waals surface area contributed by atoms with Crippen molar-refractivity contribution in [3.63, 3.8) is 0 Å². The number of Topliss-reactive ketones (excluding diaryl/α,β-unsaturated/α-hetero) is 1. The van der Waals surface area contributed by atoms with Gasteiger partial charge >= 0.3 is 15.6 Å². The second kappa shape index (κ2) is 10.2. The highest BCUT2D eigenvalue weighted by molar-refractivity contribution is 7.87. The maximum absolute atomic E-state index is 13.5. The van der Waals surface area contributed by atoms with E-state index in [4.69, 9.17) is 14.2 Å². The number of carbonyl (C=O) groups is 1. The molecule has 1 aliphatic rings. The van der Waals surface area contributed by atoms with Crippen molar-refractivity contribution in [2.45, 2.75) is 24.8 Å². The van der Waals surface area contributed by atoms with Crippen molar-refractivity contribution in [3.8, 4) is 5.75 Å². The summed E-state index contributed by atoms with van der Waals surface area (Å²) in [6.45, 7) is 2.33. The first-order valence-electron chi connectivity index (χ1n) is 10.7. The van der Waals surface area contributed by atoms with Crippen LogP contribution in [0.2, 0.25) is 0 Å². The van der Waals surface area contributed by atoms with Gasteiger partial charge in [0.25, 0.3) is 0 Å². The minimum Gasteiger partial charge on any atom is -0.490 e. The summed E-state index contributed by atoms with van der Waals surface area (Å²) in [5.41, 5.74) is -6.20. The van der Waals surface area contributed by atoms with Crippen LogP contribution in [0.1, 0.15) is 22.8 Å². The van der Waals surface area contributed by atoms with Gasteiger partial charge in [-0.15, -0.1) is 0 Å². The van der Waals surface area contributed by atoms with Crippen molar-refractivity contribution in [3.05, 3.63) is 77.9 Å². The normalized spacial score (nSPS) is 18.8. The molecule has 0 aliphatic carbocycles. The smallest absolute Gasteiger partial charge is 0.490 e. The van der Waals surface area contributed by atoms with Gasteiger partial charge in [-0.2, -0.15) is 21.6 Å². The summed E-state index contributed by atoms with van der Waals surface area (Å²) >= 11 is 0. The van der Waals surface area contributed by atoms with Crippen LogP contribution in [0.25, 0.3) is 10.8 Å². The first-order chi connectivity index (χ1) is 17.1. The van der Waals surface area contributed by atoms with E-state index in [1.807, 2.05) is 0 Å². The van der Waals surface area contributed by atoms with Crippen LogP contribution in [-0.4, -0.2) is 51.0 Å². The molecule has 1 heterocycles. The maximum Gasteiger partial charge on any atom is 0.536 e. The SMILES string of the molecule is CC1OCC(COc2ccc(C(=O)/C(=N/OS(=O)(=O)C(F)(F)F)c3ccccc3)c3ccccc23)O1. The maximum atomic E-state index is 13.5. The largest absolute Gasteiger partial charge is 0.536 e. The highest BCUT2D eigenvalue weighted by Gasteiger charge is 2.49. The number of alkyl halides is 3. The van der Waals surface area contributed by atoms with E-state index in [0.29, 0.717) is 23.1 Å². The topological polar surface area (TPSA) is 100 Å². The molecule has 0 amide bonds. The van der Waals surface area contributed by atoms with Crippen LogP contribution in [0.5, 0.6) is 5.75 Å². The Labute approximate surface area is 204 Å². The van der Waals surface area contributed by atoms with Crippen molar-refractivity contribution in [1.82, 2.24) is 0 Å². The Hall–Kier alpha value is -3.48. The Bertz CT molecular complexity index is 1390. The fourth-order valence-electron chi connectivity index (χ4n) is 3.54. The van der Waals surface area contributed by atoms with Crippen molar-refractivity contribution < 1.29 is 44.9 Å². The van der Waals surface area contributed by atoms with Gasteiger partial charge in [0.1, 0.15) is 18.5 Å². The average molecular weight is 523 g/mol. The van der Waals surface area contributed by atoms with E-state index in [2.05, 4.69) is 9.44 Å². The number of hydrogen-bond acceptors (Lipinski definition) is 8. The zero-order valence-electron chi connectivity index (χ0n) is 18.8. The molecule has 1 aliphatic heterocycles. The second-order valence-electron chi connectivity index (χ2n) is 7.74. The number of fused-ring (bicyclic) bond motifs is 1. The Morgan fingerprint density at radius 2 is 1.69 bits per heavy atom. The van der Waals surface area contributed by atoms with E-state index in [9.17, 15) is 26.4 Å². The summed E-state index contributed by atoms with van der Waals surface area (Å²) in [4.78, 5) is 13.5. The zero-order valence-corrected chi connectivity index (χ0v) is 19.6. The Balaban J connectivity index is 1.71. The highest BCUT2D eigenvalue weighted by Crippen LogP contribution is 2.31. The Kier molecular flexibility index (Phi) is 7.29. The Morgan fingerprint density at radius 1 is 1.03 bits per heavy atom. The van der Waals surface area contributed by atoms with Crippen LogP contribution in [0, 0.1) is 0 Å². The van der Waals surface area contributed by atoms with E-state index < -0.39 is 27.1 Å². The molecule has 2 unspecified atom stereocenters. The molecule has 190 valence electrons. The molecule has 1 saturated heterocycles. The van der Waals surface area contributed by atoms with Gasteiger partial charge in [0.2, 0.25) is 5.78 Å². The quantitative estimate of drug-likeness (QED) is 0.186. The van der Waals surface area contributed by atoms with E-state index in [-0.39, 0.29) is 30.1 Å². The lowest BCUT2D eigenvalue weighted by molar-refractivity contribution is -0.0541. The third kappa shape index (κ3) is 5.50. The molecule has 0 radical (unpaired) electrons. The van der Waals surface area contributed by atoms with E-state index in [0.717, 1.165) is 0 Å². The third-order valence-corrected chi connectivity index (χ3v) is 6.06. The van der Waals surface area contributed by atoms with Crippen molar-refractivity contribution in [1.29, 1.82) is 0 Å². The van der Waals surface area contributed by atoms with Gasteiger partial charge in [0.05, 0.1) is 6.61 Å². The lowest BCUT2D eigenvalue weighted by atomic mass is 9.95. The number of halogens is 3. The van der Waals surface area contributed by atoms with Gasteiger partial charge in [-0.1, -0.05) is 59.8 Å². The molecule has 3 aromatic carbocycles. The molecule has 0 bridgehead atoms. The fourth-order valence-corrected chi connectivity index (χ4v) is 3.79. The number of hydrogen-bond donors (Lipinski definition) is 0. The number of benzene rings is 3. The summed E-state index contributed by atoms with van der Waals surface area (Å²) in [7, 11) is -6.07. The molecule has 0 spiro atoms. The lowest BCUT2D eigenvalue weighted by Gasteiger charge is -2.15. The number of oxime groups is 1. The molecule has 1 fully saturated rings. The highest BCUT2D eigenvalue weighted by atomic mass is 32.2. The first-order valence-corrected chi connectivity index (χ1v) is 12.1. The second-order valence-corrected chi connectivity index (χ2v) is 9.26. The minimum absolute atomic E-state index is 0.0580. The first kappa shape index (κ1) is 25.6. The summed E-state index contributed by atoms with van der Waals surface area (Å²) in [6, 6.07) is 17.1. The predicted octanol–water partition coefficient (Wildman–Crippen LogP) is 4.43. The van der Waals surface area contributed by atoms with Crippen LogP contribution < -0.4 is 4.74 Å². The molecule has 0 aromatic heterocycles. The van der Waals surface area contributed by atoms with Gasteiger partial charge in [-0.25, -0.2) is 0 Å². The van der Waals surface area contributed by atoms with Crippen LogP contribution in [-0.2, 0) is 23.9 Å². The van der Waals surface area contributed by atoms with Gasteiger partial charge in [-0.3, -0.25) is 9.08 Å². The molecule has 3 aromatic rings. The molecule has 12 heteroatoms. The van der Waals surface area contributed by atoms with Crippen LogP contribution in [0.3, 0.4) is 0 Å². The van der Waals surface area contributed by atoms with Crippen molar-refractivity contribution in [2.24, 2.45) is 5.16 Å². The number of ketones is 1. The van der Waals surface area contributed by atoms with E-state index >= 15 is 0 Å². The van der Waals surface area contributed by atoms with Gasteiger partial charge in [0.15, 0.2) is 12.0 Å². The summed E-state index contributed by atoms with van der Waals surface area (Å²) < 4.78 is 81.8. The number of rotatable bonds is 8. The van der Waals surface area contributed by atoms with Gasteiger partial charge in [0, 0.05) is 16.5 Å². The standard InChI is InChI=1S/C24H20F3NO7S/c1-15-32-13-17(34-15)14-33-21-12-11-20(18-9-5-6-10-19(18)21)23(29)22(16-7-3-2-4-8-16)28-35-36(30,31)24(25,26)27/h2-12,15,17H,13-14H2,1H3/b28-22+. The molecule has 8 nitrogen and oxygen atoms in total. The number of ether oxygens (including phenoxy) is 3. The monoisotopic (exact) mass is 523 g/mol. The van der Waals surface area contributed by atoms with Crippen molar-refractivity contribution >= 4 is 32.4 Å². The van der Waals surface area contributed by atoms with Gasteiger partial charge in [-0.05, 0) is 24.4 Å². The average Bonchev–Trinajstić information content (AvgIpc) is 3.27. The fraction of sp³-hybridized carbons (Fsp3) is 0.250. The third-order valence-electron chi connectivity index (χ3n) is 5.23. The molecule has 2 atom stereocenters. The molecule has 0 N–H and O–H groups in total. The summed E-state index contributed by atoms with van der Waals surface area (Å²) in [6.07, 6.45) is -0.612. The number of carbonyl (C=O) groups excluding carboxylic acids is 1. The molecular formula is C24H20F3NO7S. The lowest BCUT2D eigenvalue weighted by Crippen LogP contribution is -2.25. The van der Waals surface area contributed by atoms with Crippen LogP contribution in [0.4, 0.5) is 13.2 Å². The predicted molar refractivity (Wildman–Crippen MR) is 123 cm³/mol. The summed E-state index contributed by atoms with van der Waals surface area (Å²) in [5, 5.41) is 4.09. The van der Waals surface area contributed by atoms with Crippen LogP contribution >= 0.6 is 0 Å². The zero-order chi connectivity index (χ0) is 25.9. The molecule has 4 rings (SSSR count). The Morgan fingerprint density at radius 3 is 2.33 bits per heavy atom.